The molecule has 0 fully saturated rings. The molecule has 0 saturated heterocycles. The van der Waals surface area contributed by atoms with Gasteiger partial charge < -0.3 is 4.74 Å². The quantitative estimate of drug-likeness (QED) is 0.852. The number of rotatable bonds is 4. The van der Waals surface area contributed by atoms with Gasteiger partial charge in [-0.25, -0.2) is 13.5 Å². The van der Waals surface area contributed by atoms with Gasteiger partial charge in [0.25, 0.3) is 6.43 Å². The van der Waals surface area contributed by atoms with E-state index in [0.717, 1.165) is 4.68 Å². The van der Waals surface area contributed by atoms with Crippen molar-refractivity contribution in [1.82, 2.24) is 14.8 Å². The van der Waals surface area contributed by atoms with E-state index in [1.807, 2.05) is 0 Å². The third-order valence-corrected chi connectivity index (χ3v) is 2.50. The van der Waals surface area contributed by atoms with Crippen molar-refractivity contribution in [1.29, 1.82) is 0 Å². The van der Waals surface area contributed by atoms with Gasteiger partial charge in [-0.15, -0.1) is 5.10 Å². The van der Waals surface area contributed by atoms with E-state index < -0.39 is 13.0 Å². The molecule has 2 rings (SSSR count). The van der Waals surface area contributed by atoms with Crippen molar-refractivity contribution in [2.45, 2.75) is 13.0 Å². The predicted octanol–water partition coefficient (Wildman–Crippen LogP) is 3.75. The zero-order valence-corrected chi connectivity index (χ0v) is 11.2. The van der Waals surface area contributed by atoms with Gasteiger partial charge in [-0.3, -0.25) is 0 Å². The Balaban J connectivity index is 2.23. The number of benzene rings is 1. The van der Waals surface area contributed by atoms with Crippen molar-refractivity contribution in [2.24, 2.45) is 0 Å². The molecule has 2 aromatic rings. The monoisotopic (exact) mass is 337 g/mol. The van der Waals surface area contributed by atoms with Crippen LogP contribution in [-0.4, -0.2) is 21.2 Å². The number of aromatic nitrogens is 3. The molecular formula is C10H7BrClF2N3O. The highest BCUT2D eigenvalue weighted by atomic mass is 79.9. The highest BCUT2D eigenvalue weighted by molar-refractivity contribution is 9.10. The van der Waals surface area contributed by atoms with Crippen LogP contribution in [0.1, 0.15) is 0 Å². The topological polar surface area (TPSA) is 39.9 Å². The zero-order chi connectivity index (χ0) is 13.1. The third-order valence-electron chi connectivity index (χ3n) is 1.93. The number of ether oxygens (including phenoxy) is 1. The molecule has 4 nitrogen and oxygen atoms in total. The van der Waals surface area contributed by atoms with Crippen LogP contribution < -0.4 is 4.74 Å². The fourth-order valence-corrected chi connectivity index (χ4v) is 1.79. The van der Waals surface area contributed by atoms with E-state index in [9.17, 15) is 8.78 Å². The average Bonchev–Trinajstić information content (AvgIpc) is 2.58. The molecule has 0 aliphatic heterocycles. The van der Waals surface area contributed by atoms with Crippen LogP contribution in [0.3, 0.4) is 0 Å². The summed E-state index contributed by atoms with van der Waals surface area (Å²) in [6, 6.07) is 6.52. The Morgan fingerprint density at radius 3 is 2.89 bits per heavy atom. The molecule has 0 saturated carbocycles. The van der Waals surface area contributed by atoms with Crippen LogP contribution in [0.25, 0.3) is 0 Å². The van der Waals surface area contributed by atoms with Crippen molar-refractivity contribution < 1.29 is 13.5 Å². The molecule has 0 N–H and O–H groups in total. The second-order valence-electron chi connectivity index (χ2n) is 3.30. The lowest BCUT2D eigenvalue weighted by Gasteiger charge is -2.06. The number of alkyl halides is 2. The molecule has 18 heavy (non-hydrogen) atoms. The van der Waals surface area contributed by atoms with E-state index >= 15 is 0 Å². The first-order valence-corrected chi connectivity index (χ1v) is 6.03. The fraction of sp³-hybridized carbons (Fsp3) is 0.200. The molecule has 0 radical (unpaired) electrons. The van der Waals surface area contributed by atoms with E-state index in [1.165, 1.54) is 0 Å². The van der Waals surface area contributed by atoms with Crippen molar-refractivity contribution in [2.75, 3.05) is 0 Å². The maximum absolute atomic E-state index is 12.3. The van der Waals surface area contributed by atoms with Crippen LogP contribution in [-0.2, 0) is 6.54 Å². The maximum atomic E-state index is 12.3. The summed E-state index contributed by atoms with van der Waals surface area (Å²) in [6.07, 6.45) is -2.54. The first-order valence-electron chi connectivity index (χ1n) is 4.86. The summed E-state index contributed by atoms with van der Waals surface area (Å²) in [5.41, 5.74) is 0. The van der Waals surface area contributed by atoms with E-state index in [-0.39, 0.29) is 10.7 Å². The Morgan fingerprint density at radius 2 is 2.22 bits per heavy atom. The van der Waals surface area contributed by atoms with Crippen LogP contribution in [0, 0.1) is 0 Å². The molecule has 1 heterocycles. The Bertz CT molecular complexity index is 550. The Kier molecular flexibility index (Phi) is 4.13. The van der Waals surface area contributed by atoms with E-state index in [4.69, 9.17) is 16.3 Å². The minimum atomic E-state index is -2.54. The smallest absolute Gasteiger partial charge is 0.321 e. The van der Waals surface area contributed by atoms with Gasteiger partial charge in [0.05, 0.1) is 0 Å². The largest absolute Gasteiger partial charge is 0.424 e. The lowest BCUT2D eigenvalue weighted by Crippen LogP contribution is -2.09. The Morgan fingerprint density at radius 1 is 1.44 bits per heavy atom. The van der Waals surface area contributed by atoms with Gasteiger partial charge in [0, 0.05) is 5.02 Å². The lowest BCUT2D eigenvalue weighted by atomic mass is 10.3. The molecule has 96 valence electrons. The summed E-state index contributed by atoms with van der Waals surface area (Å²) in [4.78, 5) is 3.86. The first-order chi connectivity index (χ1) is 8.54. The molecule has 0 atom stereocenters. The zero-order valence-electron chi connectivity index (χ0n) is 8.86. The van der Waals surface area contributed by atoms with Crippen LogP contribution >= 0.6 is 27.5 Å². The van der Waals surface area contributed by atoms with Crippen molar-refractivity contribution >= 4 is 27.5 Å². The lowest BCUT2D eigenvalue weighted by molar-refractivity contribution is 0.118. The van der Waals surface area contributed by atoms with E-state index in [2.05, 4.69) is 26.0 Å². The van der Waals surface area contributed by atoms with Crippen LogP contribution in [0.15, 0.2) is 29.0 Å². The van der Waals surface area contributed by atoms with Crippen molar-refractivity contribution in [3.63, 3.8) is 0 Å². The van der Waals surface area contributed by atoms with Crippen molar-refractivity contribution in [3.8, 4) is 11.8 Å². The predicted molar refractivity (Wildman–Crippen MR) is 65.3 cm³/mol. The first kappa shape index (κ1) is 13.2. The van der Waals surface area contributed by atoms with Crippen LogP contribution in [0.2, 0.25) is 5.02 Å². The van der Waals surface area contributed by atoms with Crippen molar-refractivity contribution in [3.05, 3.63) is 34.0 Å². The second-order valence-corrected chi connectivity index (χ2v) is 4.44. The van der Waals surface area contributed by atoms with Gasteiger partial charge in [-0.05, 0) is 34.1 Å². The summed E-state index contributed by atoms with van der Waals surface area (Å²) in [7, 11) is 0. The third kappa shape index (κ3) is 3.39. The summed E-state index contributed by atoms with van der Waals surface area (Å²) < 4.78 is 31.2. The molecule has 8 heteroatoms. The molecular weight excluding hydrogens is 331 g/mol. The van der Waals surface area contributed by atoms with Crippen LogP contribution in [0.5, 0.6) is 11.8 Å². The molecule has 0 bridgehead atoms. The van der Waals surface area contributed by atoms with Gasteiger partial charge in [0.1, 0.15) is 12.3 Å². The molecule has 1 aromatic heterocycles. The second kappa shape index (κ2) is 5.62. The van der Waals surface area contributed by atoms with E-state index in [0.29, 0.717) is 10.8 Å². The minimum Gasteiger partial charge on any atom is -0.424 e. The molecule has 0 unspecified atom stereocenters. The SMILES string of the molecule is FC(F)Cn1nc(Br)nc1Oc1cccc(Cl)c1. The highest BCUT2D eigenvalue weighted by Gasteiger charge is 2.14. The number of hydrogen-bond acceptors (Lipinski definition) is 3. The number of hydrogen-bond donors (Lipinski definition) is 0. The standard InChI is InChI=1S/C10H7BrClF2N3O/c11-9-15-10(17(16-9)5-8(13)14)18-7-3-1-2-6(12)4-7/h1-4,8H,5H2. The molecule has 1 aromatic carbocycles. The average molecular weight is 339 g/mol. The molecule has 0 aliphatic rings. The number of nitrogens with zero attached hydrogens (tertiary/aromatic N) is 3. The molecule has 0 aliphatic carbocycles. The van der Waals surface area contributed by atoms with Gasteiger partial charge in [-0.1, -0.05) is 17.7 Å². The van der Waals surface area contributed by atoms with Gasteiger partial charge in [0.2, 0.25) is 4.73 Å². The highest BCUT2D eigenvalue weighted by Crippen LogP contribution is 2.24. The summed E-state index contributed by atoms with van der Waals surface area (Å²) in [6.45, 7) is -0.589. The molecule has 0 amide bonds. The Hall–Kier alpha value is -1.21. The molecule has 0 spiro atoms. The van der Waals surface area contributed by atoms with E-state index in [1.54, 1.807) is 24.3 Å². The normalized spacial score (nSPS) is 10.9. The fourth-order valence-electron chi connectivity index (χ4n) is 1.26. The summed E-state index contributed by atoms with van der Waals surface area (Å²) >= 11 is 8.80. The van der Waals surface area contributed by atoms with Gasteiger partial charge in [-0.2, -0.15) is 4.98 Å². The van der Waals surface area contributed by atoms with Gasteiger partial charge in [0.15, 0.2) is 0 Å². The van der Waals surface area contributed by atoms with Gasteiger partial charge >= 0.3 is 6.01 Å². The maximum Gasteiger partial charge on any atom is 0.321 e. The minimum absolute atomic E-state index is 0.0237. The summed E-state index contributed by atoms with van der Waals surface area (Å²) in [5, 5.41) is 4.23. The Labute approximate surface area is 115 Å². The summed E-state index contributed by atoms with van der Waals surface area (Å²) in [5.74, 6) is 0.401. The van der Waals surface area contributed by atoms with Crippen LogP contribution in [0.4, 0.5) is 8.78 Å². The number of halogens is 4.